The van der Waals surface area contributed by atoms with E-state index in [0.717, 1.165) is 25.0 Å². The minimum atomic E-state index is 0.236. The zero-order valence-electron chi connectivity index (χ0n) is 12.2. The molecule has 2 N–H and O–H groups in total. The first kappa shape index (κ1) is 15.0. The van der Waals surface area contributed by atoms with Crippen molar-refractivity contribution in [3.05, 3.63) is 29.8 Å². The summed E-state index contributed by atoms with van der Waals surface area (Å²) in [6.45, 7) is 9.57. The van der Waals surface area contributed by atoms with Crippen LogP contribution in [0.3, 0.4) is 0 Å². The van der Waals surface area contributed by atoms with Crippen LogP contribution in [0.25, 0.3) is 0 Å². The molecule has 2 heteroatoms. The van der Waals surface area contributed by atoms with Gasteiger partial charge in [-0.3, -0.25) is 0 Å². The van der Waals surface area contributed by atoms with Gasteiger partial charge in [0.25, 0.3) is 0 Å². The lowest BCUT2D eigenvalue weighted by molar-refractivity contribution is 0.189. The van der Waals surface area contributed by atoms with Crippen LogP contribution in [-0.2, 0) is 5.41 Å². The molecular weight excluding hydrogens is 222 g/mol. The summed E-state index contributed by atoms with van der Waals surface area (Å²) in [5.74, 6) is 0.950. The molecule has 0 spiro atoms. The third-order valence-electron chi connectivity index (χ3n) is 3.77. The van der Waals surface area contributed by atoms with Gasteiger partial charge in [-0.05, 0) is 48.9 Å². The van der Waals surface area contributed by atoms with Crippen molar-refractivity contribution in [3.63, 3.8) is 0 Å². The minimum absolute atomic E-state index is 0.236. The maximum Gasteiger partial charge on any atom is 0.119 e. The summed E-state index contributed by atoms with van der Waals surface area (Å²) in [6, 6.07) is 8.50. The summed E-state index contributed by atoms with van der Waals surface area (Å²) in [5.41, 5.74) is 7.18. The second kappa shape index (κ2) is 6.79. The Morgan fingerprint density at radius 3 is 2.22 bits per heavy atom. The Morgan fingerprint density at radius 1 is 1.17 bits per heavy atom. The molecule has 0 heterocycles. The molecule has 0 saturated heterocycles. The Kier molecular flexibility index (Phi) is 5.67. The van der Waals surface area contributed by atoms with E-state index in [4.69, 9.17) is 10.5 Å². The molecule has 0 fully saturated rings. The average Bonchev–Trinajstić information content (AvgIpc) is 2.39. The zero-order valence-corrected chi connectivity index (χ0v) is 12.2. The monoisotopic (exact) mass is 249 g/mol. The summed E-state index contributed by atoms with van der Waals surface area (Å²) in [4.78, 5) is 0. The quantitative estimate of drug-likeness (QED) is 0.796. The summed E-state index contributed by atoms with van der Waals surface area (Å²) < 4.78 is 5.93. The Labute approximate surface area is 112 Å². The normalized spacial score (nSPS) is 13.4. The number of hydrogen-bond donors (Lipinski definition) is 1. The number of benzene rings is 1. The molecule has 0 radical (unpaired) electrons. The molecular formula is C16H27NO. The van der Waals surface area contributed by atoms with Gasteiger partial charge in [0.2, 0.25) is 0 Å². The first-order chi connectivity index (χ1) is 8.53. The van der Waals surface area contributed by atoms with E-state index in [2.05, 4.69) is 52.0 Å². The minimum Gasteiger partial charge on any atom is -0.490 e. The van der Waals surface area contributed by atoms with Gasteiger partial charge in [0.05, 0.1) is 6.10 Å². The highest BCUT2D eigenvalue weighted by Crippen LogP contribution is 2.28. The molecule has 0 aromatic heterocycles. The fourth-order valence-electron chi connectivity index (χ4n) is 1.91. The number of ether oxygens (including phenoxy) is 1. The van der Waals surface area contributed by atoms with Crippen LogP contribution < -0.4 is 10.5 Å². The number of rotatable bonds is 7. The standard InChI is InChI=1S/C16H27NO/c1-5-14(11-12-17)18-15-9-7-13(8-10-15)16(3,4)6-2/h7-10,14H,5-6,11-12,17H2,1-4H3. The van der Waals surface area contributed by atoms with Gasteiger partial charge in [-0.2, -0.15) is 0 Å². The van der Waals surface area contributed by atoms with Crippen molar-refractivity contribution >= 4 is 0 Å². The van der Waals surface area contributed by atoms with Crippen LogP contribution >= 0.6 is 0 Å². The van der Waals surface area contributed by atoms with Gasteiger partial charge in [0.15, 0.2) is 0 Å². The van der Waals surface area contributed by atoms with Crippen molar-refractivity contribution in [3.8, 4) is 5.75 Å². The van der Waals surface area contributed by atoms with Crippen molar-refractivity contribution in [1.82, 2.24) is 0 Å². The third-order valence-corrected chi connectivity index (χ3v) is 3.77. The second-order valence-corrected chi connectivity index (χ2v) is 5.49. The third kappa shape index (κ3) is 4.02. The van der Waals surface area contributed by atoms with Gasteiger partial charge in [-0.15, -0.1) is 0 Å². The van der Waals surface area contributed by atoms with Crippen LogP contribution in [0.5, 0.6) is 5.75 Å². The van der Waals surface area contributed by atoms with E-state index in [9.17, 15) is 0 Å². The van der Waals surface area contributed by atoms with Crippen LogP contribution in [0, 0.1) is 0 Å². The lowest BCUT2D eigenvalue weighted by Crippen LogP contribution is -2.20. The van der Waals surface area contributed by atoms with Crippen LogP contribution in [0.2, 0.25) is 0 Å². The van der Waals surface area contributed by atoms with E-state index in [1.54, 1.807) is 0 Å². The molecule has 0 aliphatic carbocycles. The lowest BCUT2D eigenvalue weighted by Gasteiger charge is -2.24. The SMILES string of the molecule is CCC(CCN)Oc1ccc(C(C)(C)CC)cc1. The Morgan fingerprint density at radius 2 is 1.78 bits per heavy atom. The van der Waals surface area contributed by atoms with E-state index in [-0.39, 0.29) is 11.5 Å². The Bertz CT molecular complexity index is 343. The van der Waals surface area contributed by atoms with Gasteiger partial charge < -0.3 is 10.5 Å². The molecule has 1 unspecified atom stereocenters. The van der Waals surface area contributed by atoms with Crippen molar-refractivity contribution in [2.75, 3.05) is 6.54 Å². The van der Waals surface area contributed by atoms with E-state index in [1.807, 2.05) is 0 Å². The molecule has 0 saturated carbocycles. The Balaban J connectivity index is 2.71. The van der Waals surface area contributed by atoms with E-state index < -0.39 is 0 Å². The molecule has 0 aliphatic rings. The van der Waals surface area contributed by atoms with Crippen molar-refractivity contribution in [2.24, 2.45) is 5.73 Å². The van der Waals surface area contributed by atoms with Crippen LogP contribution in [0.4, 0.5) is 0 Å². The second-order valence-electron chi connectivity index (χ2n) is 5.49. The fraction of sp³-hybridized carbons (Fsp3) is 0.625. The van der Waals surface area contributed by atoms with Crippen molar-refractivity contribution < 1.29 is 4.74 Å². The topological polar surface area (TPSA) is 35.2 Å². The number of nitrogens with two attached hydrogens (primary N) is 1. The van der Waals surface area contributed by atoms with E-state index >= 15 is 0 Å². The smallest absolute Gasteiger partial charge is 0.119 e. The number of hydrogen-bond acceptors (Lipinski definition) is 2. The largest absolute Gasteiger partial charge is 0.490 e. The first-order valence-electron chi connectivity index (χ1n) is 7.00. The molecule has 1 aromatic rings. The van der Waals surface area contributed by atoms with Crippen molar-refractivity contribution in [2.45, 2.75) is 58.5 Å². The highest BCUT2D eigenvalue weighted by molar-refractivity contribution is 5.31. The summed E-state index contributed by atoms with van der Waals surface area (Å²) in [5, 5.41) is 0. The predicted octanol–water partition coefficient (Wildman–Crippen LogP) is 3.88. The molecule has 0 bridgehead atoms. The molecule has 1 rings (SSSR count). The highest BCUT2D eigenvalue weighted by atomic mass is 16.5. The lowest BCUT2D eigenvalue weighted by atomic mass is 9.82. The zero-order chi connectivity index (χ0) is 13.6. The fourth-order valence-corrected chi connectivity index (χ4v) is 1.91. The molecule has 2 nitrogen and oxygen atoms in total. The molecule has 0 amide bonds. The van der Waals surface area contributed by atoms with E-state index in [0.29, 0.717) is 6.54 Å². The maximum absolute atomic E-state index is 5.93. The van der Waals surface area contributed by atoms with Crippen molar-refractivity contribution in [1.29, 1.82) is 0 Å². The molecule has 102 valence electrons. The van der Waals surface area contributed by atoms with Gasteiger partial charge in [0, 0.05) is 0 Å². The van der Waals surface area contributed by atoms with Crippen LogP contribution in [-0.4, -0.2) is 12.6 Å². The average molecular weight is 249 g/mol. The summed E-state index contributed by atoms with van der Waals surface area (Å²) >= 11 is 0. The molecule has 1 aromatic carbocycles. The predicted molar refractivity (Wildman–Crippen MR) is 78.1 cm³/mol. The molecule has 0 aliphatic heterocycles. The maximum atomic E-state index is 5.93. The Hall–Kier alpha value is -1.02. The van der Waals surface area contributed by atoms with E-state index in [1.165, 1.54) is 5.56 Å². The van der Waals surface area contributed by atoms with Crippen LogP contribution in [0.15, 0.2) is 24.3 Å². The molecule has 1 atom stereocenters. The van der Waals surface area contributed by atoms with Gasteiger partial charge >= 0.3 is 0 Å². The summed E-state index contributed by atoms with van der Waals surface area (Å²) in [6.07, 6.45) is 3.29. The summed E-state index contributed by atoms with van der Waals surface area (Å²) in [7, 11) is 0. The van der Waals surface area contributed by atoms with Gasteiger partial charge in [-0.25, -0.2) is 0 Å². The first-order valence-corrected chi connectivity index (χ1v) is 7.00. The van der Waals surface area contributed by atoms with Gasteiger partial charge in [0.1, 0.15) is 5.75 Å². The molecule has 18 heavy (non-hydrogen) atoms. The van der Waals surface area contributed by atoms with Crippen LogP contribution in [0.1, 0.15) is 52.5 Å². The highest BCUT2D eigenvalue weighted by Gasteiger charge is 2.17. The van der Waals surface area contributed by atoms with Gasteiger partial charge in [-0.1, -0.05) is 39.8 Å².